The van der Waals surface area contributed by atoms with Crippen molar-refractivity contribution in [3.8, 4) is 11.5 Å². The van der Waals surface area contributed by atoms with Crippen molar-refractivity contribution >= 4 is 40.8 Å². The molecular weight excluding hydrogens is 378 g/mol. The third-order valence-electron chi connectivity index (χ3n) is 3.27. The van der Waals surface area contributed by atoms with Gasteiger partial charge in [0.2, 0.25) is 5.91 Å². The van der Waals surface area contributed by atoms with Crippen molar-refractivity contribution in [1.29, 1.82) is 0 Å². The van der Waals surface area contributed by atoms with Crippen molar-refractivity contribution in [3.05, 3.63) is 23.8 Å². The summed E-state index contributed by atoms with van der Waals surface area (Å²) in [6.45, 7) is 2.58. The molecule has 0 spiro atoms. The Morgan fingerprint density at radius 2 is 1.84 bits per heavy atom. The van der Waals surface area contributed by atoms with Crippen LogP contribution in [-0.2, 0) is 11.3 Å². The molecule has 0 atom stereocenters. The van der Waals surface area contributed by atoms with Gasteiger partial charge in [-0.25, -0.2) is 0 Å². The monoisotopic (exact) mass is 399 g/mol. The van der Waals surface area contributed by atoms with E-state index in [9.17, 15) is 4.79 Å². The highest BCUT2D eigenvalue weighted by molar-refractivity contribution is 8.03. The Morgan fingerprint density at radius 3 is 2.48 bits per heavy atom. The summed E-state index contributed by atoms with van der Waals surface area (Å²) in [5.74, 6) is 2.68. The molecule has 0 unspecified atom stereocenters. The summed E-state index contributed by atoms with van der Waals surface area (Å²) in [7, 11) is 4.99. The molecule has 1 amide bonds. The first-order valence-corrected chi connectivity index (χ1v) is 10.4. The summed E-state index contributed by atoms with van der Waals surface area (Å²) < 4.78 is 12.3. The lowest BCUT2D eigenvalue weighted by molar-refractivity contribution is -0.127. The number of hydrogen-bond acceptors (Lipinski definition) is 8. The molecule has 9 heteroatoms. The minimum absolute atomic E-state index is 0.0414. The van der Waals surface area contributed by atoms with E-state index in [4.69, 9.17) is 9.47 Å². The molecule has 25 heavy (non-hydrogen) atoms. The Morgan fingerprint density at radius 1 is 1.16 bits per heavy atom. The molecule has 0 saturated carbocycles. The van der Waals surface area contributed by atoms with E-state index in [0.717, 1.165) is 20.0 Å². The molecule has 0 aliphatic heterocycles. The predicted molar refractivity (Wildman–Crippen MR) is 103 cm³/mol. The minimum Gasteiger partial charge on any atom is -0.493 e. The molecule has 0 fully saturated rings. The second-order valence-corrected chi connectivity index (χ2v) is 8.71. The fraction of sp³-hybridized carbons (Fsp3) is 0.438. The normalized spacial score (nSPS) is 10.6. The lowest BCUT2D eigenvalue weighted by Crippen LogP contribution is -2.27. The highest BCUT2D eigenvalue weighted by atomic mass is 32.2. The zero-order valence-corrected chi connectivity index (χ0v) is 17.1. The topological polar surface area (TPSA) is 64.6 Å². The summed E-state index contributed by atoms with van der Waals surface area (Å²) in [5.41, 5.74) is 0.982. The molecule has 0 saturated heterocycles. The van der Waals surface area contributed by atoms with E-state index in [0.29, 0.717) is 23.8 Å². The van der Waals surface area contributed by atoms with Crippen LogP contribution in [0.2, 0.25) is 0 Å². The summed E-state index contributed by atoms with van der Waals surface area (Å²) in [4.78, 5) is 14.0. The average Bonchev–Trinajstić information content (AvgIpc) is 3.07. The van der Waals surface area contributed by atoms with Crippen molar-refractivity contribution in [1.82, 2.24) is 15.1 Å². The largest absolute Gasteiger partial charge is 0.493 e. The van der Waals surface area contributed by atoms with E-state index >= 15 is 0 Å². The lowest BCUT2D eigenvalue weighted by Gasteiger charge is -2.18. The van der Waals surface area contributed by atoms with Gasteiger partial charge in [-0.1, -0.05) is 47.9 Å². The van der Waals surface area contributed by atoms with E-state index in [1.54, 1.807) is 37.9 Å². The minimum atomic E-state index is 0.0414. The van der Waals surface area contributed by atoms with Gasteiger partial charge in [0.05, 0.1) is 20.0 Å². The summed E-state index contributed by atoms with van der Waals surface area (Å²) in [6.07, 6.45) is 0. The molecule has 136 valence electrons. The van der Waals surface area contributed by atoms with Crippen LogP contribution in [0, 0.1) is 0 Å². The molecule has 0 aliphatic rings. The van der Waals surface area contributed by atoms with Gasteiger partial charge in [-0.15, -0.1) is 10.2 Å². The first-order chi connectivity index (χ1) is 12.1. The highest BCUT2D eigenvalue weighted by Gasteiger charge is 2.13. The van der Waals surface area contributed by atoms with Crippen molar-refractivity contribution in [2.45, 2.75) is 22.1 Å². The molecule has 6 nitrogen and oxygen atoms in total. The van der Waals surface area contributed by atoms with Crippen LogP contribution in [-0.4, -0.2) is 53.8 Å². The second kappa shape index (κ2) is 9.88. The van der Waals surface area contributed by atoms with Crippen molar-refractivity contribution < 1.29 is 14.3 Å². The van der Waals surface area contributed by atoms with Crippen molar-refractivity contribution in [2.75, 3.05) is 32.8 Å². The Kier molecular flexibility index (Phi) is 7.86. The molecule has 1 aromatic heterocycles. The van der Waals surface area contributed by atoms with Crippen molar-refractivity contribution in [2.24, 2.45) is 0 Å². The molecule has 0 bridgehead atoms. The van der Waals surface area contributed by atoms with E-state index in [1.807, 2.05) is 18.2 Å². The number of carbonyl (C=O) groups is 1. The maximum atomic E-state index is 12.3. The maximum absolute atomic E-state index is 12.3. The molecule has 1 aromatic carbocycles. The number of thioether (sulfide) groups is 2. The molecule has 2 rings (SSSR count). The van der Waals surface area contributed by atoms with Crippen LogP contribution in [0.1, 0.15) is 12.5 Å². The van der Waals surface area contributed by atoms with Gasteiger partial charge in [0.15, 0.2) is 20.2 Å². The summed E-state index contributed by atoms with van der Waals surface area (Å²) >= 11 is 4.61. The van der Waals surface area contributed by atoms with Gasteiger partial charge in [0, 0.05) is 13.6 Å². The van der Waals surface area contributed by atoms with Crippen LogP contribution < -0.4 is 9.47 Å². The fourth-order valence-corrected chi connectivity index (χ4v) is 4.87. The fourth-order valence-electron chi connectivity index (χ4n) is 2.01. The lowest BCUT2D eigenvalue weighted by atomic mass is 10.2. The second-order valence-electron chi connectivity index (χ2n) is 4.99. The average molecular weight is 400 g/mol. The van der Waals surface area contributed by atoms with Gasteiger partial charge in [0.25, 0.3) is 0 Å². The molecular formula is C16H21N3O3S3. The quantitative estimate of drug-likeness (QED) is 0.599. The molecule has 0 radical (unpaired) electrons. The van der Waals surface area contributed by atoms with Gasteiger partial charge in [-0.05, 0) is 23.4 Å². The van der Waals surface area contributed by atoms with Crippen LogP contribution >= 0.6 is 34.9 Å². The van der Waals surface area contributed by atoms with Crippen molar-refractivity contribution in [3.63, 3.8) is 0 Å². The zero-order valence-electron chi connectivity index (χ0n) is 14.6. The number of nitrogens with zero attached hydrogens (tertiary/aromatic N) is 3. The number of benzene rings is 1. The zero-order chi connectivity index (χ0) is 18.2. The Hall–Kier alpha value is -1.45. The molecule has 2 aromatic rings. The van der Waals surface area contributed by atoms with Gasteiger partial charge in [0.1, 0.15) is 0 Å². The number of amides is 1. The Labute approximate surface area is 160 Å². The molecule has 0 aliphatic carbocycles. The molecule has 0 N–H and O–H groups in total. The Bertz CT molecular complexity index is 709. The van der Waals surface area contributed by atoms with E-state index in [1.165, 1.54) is 23.1 Å². The predicted octanol–water partition coefficient (Wildman–Crippen LogP) is 3.42. The number of carbonyl (C=O) groups excluding carboxylic acids is 1. The smallest absolute Gasteiger partial charge is 0.233 e. The van der Waals surface area contributed by atoms with Crippen LogP contribution in [0.5, 0.6) is 11.5 Å². The van der Waals surface area contributed by atoms with Crippen LogP contribution in [0.25, 0.3) is 0 Å². The number of ether oxygens (including phenoxy) is 2. The summed E-state index contributed by atoms with van der Waals surface area (Å²) in [6, 6.07) is 5.65. The van der Waals surface area contributed by atoms with Crippen LogP contribution in [0.4, 0.5) is 0 Å². The number of aromatic nitrogens is 2. The Balaban J connectivity index is 1.89. The van der Waals surface area contributed by atoms with Crippen LogP contribution in [0.3, 0.4) is 0 Å². The molecule has 1 heterocycles. The van der Waals surface area contributed by atoms with E-state index in [2.05, 4.69) is 17.1 Å². The summed E-state index contributed by atoms with van der Waals surface area (Å²) in [5, 5.41) is 8.19. The third-order valence-corrected chi connectivity index (χ3v) is 6.33. The van der Waals surface area contributed by atoms with Gasteiger partial charge in [-0.3, -0.25) is 4.79 Å². The first kappa shape index (κ1) is 19.9. The number of methoxy groups -OCH3 is 2. The van der Waals surface area contributed by atoms with E-state index in [-0.39, 0.29) is 5.91 Å². The number of rotatable bonds is 9. The van der Waals surface area contributed by atoms with Gasteiger partial charge in [-0.2, -0.15) is 0 Å². The standard InChI is InChI=1S/C16H21N3O3S3/c1-5-23-15-17-18-16(25-15)24-10-14(20)19(2)9-11-6-7-12(21-3)13(8-11)22-4/h6-8H,5,9-10H2,1-4H3. The van der Waals surface area contributed by atoms with E-state index < -0.39 is 0 Å². The first-order valence-electron chi connectivity index (χ1n) is 7.61. The van der Waals surface area contributed by atoms with Gasteiger partial charge >= 0.3 is 0 Å². The maximum Gasteiger partial charge on any atom is 0.233 e. The number of hydrogen-bond donors (Lipinski definition) is 0. The third kappa shape index (κ3) is 5.79. The SMILES string of the molecule is CCSc1nnc(SCC(=O)N(C)Cc2ccc(OC)c(OC)c2)s1. The highest BCUT2D eigenvalue weighted by Crippen LogP contribution is 2.29. The van der Waals surface area contributed by atoms with Gasteiger partial charge < -0.3 is 14.4 Å². The van der Waals surface area contributed by atoms with Crippen LogP contribution in [0.15, 0.2) is 26.9 Å².